The molecule has 0 bridgehead atoms. The molecule has 0 aliphatic carbocycles. The van der Waals surface area contributed by atoms with Gasteiger partial charge in [0.2, 0.25) is 5.91 Å². The SMILES string of the molecule is O=C(Cc1ccccc1)N/N=C/c1cc(Cl)cc(Cl)c1O. The Bertz CT molecular complexity index is 673. The maximum absolute atomic E-state index is 11.7. The fourth-order valence-corrected chi connectivity index (χ4v) is 2.19. The van der Waals surface area contributed by atoms with E-state index in [1.54, 1.807) is 0 Å². The highest BCUT2D eigenvalue weighted by atomic mass is 35.5. The van der Waals surface area contributed by atoms with Crippen molar-refractivity contribution in [1.29, 1.82) is 0 Å². The summed E-state index contributed by atoms with van der Waals surface area (Å²) in [5.41, 5.74) is 3.59. The Hall–Kier alpha value is -2.04. The summed E-state index contributed by atoms with van der Waals surface area (Å²) in [5.74, 6) is -0.396. The average molecular weight is 323 g/mol. The van der Waals surface area contributed by atoms with Crippen molar-refractivity contribution in [3.63, 3.8) is 0 Å². The van der Waals surface area contributed by atoms with Crippen LogP contribution in [0.2, 0.25) is 10.0 Å². The quantitative estimate of drug-likeness (QED) is 0.669. The van der Waals surface area contributed by atoms with Gasteiger partial charge in [0.1, 0.15) is 5.75 Å². The van der Waals surface area contributed by atoms with Crippen molar-refractivity contribution < 1.29 is 9.90 Å². The number of halogens is 2. The van der Waals surface area contributed by atoms with E-state index < -0.39 is 0 Å². The zero-order valence-electron chi connectivity index (χ0n) is 10.9. The highest BCUT2D eigenvalue weighted by Crippen LogP contribution is 2.29. The van der Waals surface area contributed by atoms with E-state index in [2.05, 4.69) is 10.5 Å². The van der Waals surface area contributed by atoms with Gasteiger partial charge in [0.25, 0.3) is 0 Å². The third-order valence-electron chi connectivity index (χ3n) is 2.66. The van der Waals surface area contributed by atoms with Crippen LogP contribution >= 0.6 is 23.2 Å². The van der Waals surface area contributed by atoms with Crippen LogP contribution in [-0.2, 0) is 11.2 Å². The van der Waals surface area contributed by atoms with E-state index in [-0.39, 0.29) is 23.1 Å². The monoisotopic (exact) mass is 322 g/mol. The molecule has 21 heavy (non-hydrogen) atoms. The summed E-state index contributed by atoms with van der Waals surface area (Å²) in [6.07, 6.45) is 1.51. The van der Waals surface area contributed by atoms with E-state index in [1.165, 1.54) is 18.3 Å². The number of hydrazone groups is 1. The third kappa shape index (κ3) is 4.48. The van der Waals surface area contributed by atoms with Crippen molar-refractivity contribution in [2.24, 2.45) is 5.10 Å². The number of rotatable bonds is 4. The van der Waals surface area contributed by atoms with Crippen LogP contribution in [0.1, 0.15) is 11.1 Å². The van der Waals surface area contributed by atoms with Gasteiger partial charge >= 0.3 is 0 Å². The smallest absolute Gasteiger partial charge is 0.244 e. The molecule has 1 amide bonds. The molecule has 0 saturated heterocycles. The molecule has 0 saturated carbocycles. The molecule has 0 unspecified atom stereocenters. The second-order valence-electron chi connectivity index (χ2n) is 4.28. The van der Waals surface area contributed by atoms with Crippen LogP contribution in [0.5, 0.6) is 5.75 Å². The van der Waals surface area contributed by atoms with Crippen molar-refractivity contribution in [1.82, 2.24) is 5.43 Å². The predicted molar refractivity (Wildman–Crippen MR) is 84.0 cm³/mol. The number of aromatic hydroxyl groups is 1. The molecule has 0 atom stereocenters. The lowest BCUT2D eigenvalue weighted by Gasteiger charge is -2.03. The normalized spacial score (nSPS) is 10.8. The first kappa shape index (κ1) is 15.4. The van der Waals surface area contributed by atoms with Gasteiger partial charge < -0.3 is 5.11 Å². The number of phenols is 1. The predicted octanol–water partition coefficient (Wildman–Crippen LogP) is 3.39. The van der Waals surface area contributed by atoms with Gasteiger partial charge in [0.05, 0.1) is 17.7 Å². The first-order valence-electron chi connectivity index (χ1n) is 6.10. The molecule has 2 aromatic rings. The van der Waals surface area contributed by atoms with Gasteiger partial charge in [-0.25, -0.2) is 5.43 Å². The topological polar surface area (TPSA) is 61.7 Å². The molecule has 0 radical (unpaired) electrons. The Labute approximate surface area is 132 Å². The van der Waals surface area contributed by atoms with Crippen LogP contribution in [0.25, 0.3) is 0 Å². The summed E-state index contributed by atoms with van der Waals surface area (Å²) in [4.78, 5) is 11.7. The lowest BCUT2D eigenvalue weighted by molar-refractivity contribution is -0.120. The molecule has 2 aromatic carbocycles. The van der Waals surface area contributed by atoms with E-state index in [9.17, 15) is 9.90 Å². The fraction of sp³-hybridized carbons (Fsp3) is 0.0667. The molecule has 0 fully saturated rings. The number of hydrogen-bond donors (Lipinski definition) is 2. The summed E-state index contributed by atoms with van der Waals surface area (Å²) in [6.45, 7) is 0. The van der Waals surface area contributed by atoms with E-state index in [0.717, 1.165) is 5.56 Å². The number of nitrogens with one attached hydrogen (secondary N) is 1. The maximum Gasteiger partial charge on any atom is 0.244 e. The summed E-state index contributed by atoms with van der Waals surface area (Å²) in [6, 6.07) is 12.2. The number of hydrogen-bond acceptors (Lipinski definition) is 3. The lowest BCUT2D eigenvalue weighted by Crippen LogP contribution is -2.19. The first-order chi connectivity index (χ1) is 10.1. The fourth-order valence-electron chi connectivity index (χ4n) is 1.68. The molecule has 0 aliphatic heterocycles. The van der Waals surface area contributed by atoms with Crippen molar-refractivity contribution in [3.8, 4) is 5.75 Å². The Balaban J connectivity index is 1.98. The van der Waals surface area contributed by atoms with Crippen LogP contribution < -0.4 is 5.43 Å². The first-order valence-corrected chi connectivity index (χ1v) is 6.85. The Morgan fingerprint density at radius 3 is 2.67 bits per heavy atom. The number of phenolic OH excluding ortho intramolecular Hbond substituents is 1. The standard InChI is InChI=1S/C15H12Cl2N2O2/c16-12-7-11(15(21)13(17)8-12)9-18-19-14(20)6-10-4-2-1-3-5-10/h1-5,7-9,21H,6H2,(H,19,20)/b18-9+. The summed E-state index contributed by atoms with van der Waals surface area (Å²) in [7, 11) is 0. The molecule has 4 nitrogen and oxygen atoms in total. The molecule has 0 aromatic heterocycles. The van der Waals surface area contributed by atoms with Crippen molar-refractivity contribution >= 4 is 35.3 Å². The van der Waals surface area contributed by atoms with Gasteiger partial charge in [0, 0.05) is 10.6 Å². The van der Waals surface area contributed by atoms with Crippen molar-refractivity contribution in [3.05, 3.63) is 63.6 Å². The van der Waals surface area contributed by atoms with Crippen molar-refractivity contribution in [2.45, 2.75) is 6.42 Å². The van der Waals surface area contributed by atoms with E-state index in [0.29, 0.717) is 10.6 Å². The third-order valence-corrected chi connectivity index (χ3v) is 3.16. The molecule has 108 valence electrons. The number of amides is 1. The number of carbonyl (C=O) groups excluding carboxylic acids is 1. The minimum Gasteiger partial charge on any atom is -0.506 e. The zero-order valence-corrected chi connectivity index (χ0v) is 12.4. The van der Waals surface area contributed by atoms with E-state index >= 15 is 0 Å². The van der Waals surface area contributed by atoms with Gasteiger partial charge in [-0.05, 0) is 17.7 Å². The molecule has 0 spiro atoms. The molecular weight excluding hydrogens is 311 g/mol. The van der Waals surface area contributed by atoms with Crippen LogP contribution in [0.3, 0.4) is 0 Å². The Kier molecular flexibility index (Phi) is 5.20. The van der Waals surface area contributed by atoms with Gasteiger partial charge in [-0.3, -0.25) is 4.79 Å². The average Bonchev–Trinajstić information content (AvgIpc) is 2.45. The van der Waals surface area contributed by atoms with E-state index in [4.69, 9.17) is 23.2 Å². The van der Waals surface area contributed by atoms with E-state index in [1.807, 2.05) is 30.3 Å². The molecular formula is C15H12Cl2N2O2. The highest BCUT2D eigenvalue weighted by molar-refractivity contribution is 6.36. The molecule has 2 N–H and O–H groups in total. The molecule has 6 heteroatoms. The number of benzene rings is 2. The second-order valence-corrected chi connectivity index (χ2v) is 5.12. The minimum absolute atomic E-state index is 0.125. The minimum atomic E-state index is -0.259. The second kappa shape index (κ2) is 7.11. The van der Waals surface area contributed by atoms with Gasteiger partial charge in [-0.2, -0.15) is 5.10 Å². The maximum atomic E-state index is 11.7. The largest absolute Gasteiger partial charge is 0.506 e. The Morgan fingerprint density at radius 1 is 1.24 bits per heavy atom. The van der Waals surface area contributed by atoms with Gasteiger partial charge in [-0.15, -0.1) is 0 Å². The van der Waals surface area contributed by atoms with Crippen LogP contribution in [0.4, 0.5) is 0 Å². The Morgan fingerprint density at radius 2 is 1.95 bits per heavy atom. The van der Waals surface area contributed by atoms with Crippen molar-refractivity contribution in [2.75, 3.05) is 0 Å². The number of carbonyl (C=O) groups is 1. The molecule has 0 heterocycles. The zero-order chi connectivity index (χ0) is 15.2. The summed E-state index contributed by atoms with van der Waals surface area (Å²) >= 11 is 11.6. The van der Waals surface area contributed by atoms with Crippen LogP contribution in [-0.4, -0.2) is 17.2 Å². The van der Waals surface area contributed by atoms with Gasteiger partial charge in [0.15, 0.2) is 0 Å². The molecule has 0 aliphatic rings. The van der Waals surface area contributed by atoms with Gasteiger partial charge in [-0.1, -0.05) is 53.5 Å². The molecule has 2 rings (SSSR count). The number of nitrogens with zero attached hydrogens (tertiary/aromatic N) is 1. The summed E-state index contributed by atoms with van der Waals surface area (Å²) in [5, 5.41) is 14.0. The van der Waals surface area contributed by atoms with Crippen LogP contribution in [0, 0.1) is 0 Å². The highest BCUT2D eigenvalue weighted by Gasteiger charge is 2.06. The van der Waals surface area contributed by atoms with Crippen LogP contribution in [0.15, 0.2) is 47.6 Å². The summed E-state index contributed by atoms with van der Waals surface area (Å²) < 4.78 is 0. The lowest BCUT2D eigenvalue weighted by atomic mass is 10.1.